The lowest BCUT2D eigenvalue weighted by Gasteiger charge is -2.07. The van der Waals surface area contributed by atoms with Crippen LogP contribution in [-0.4, -0.2) is 0 Å². The Morgan fingerprint density at radius 1 is 0.579 bits per heavy atom. The monoisotopic (exact) mass is 270 g/mol. The molecule has 1 heteroatoms. The van der Waals surface area contributed by atoms with Crippen LogP contribution in [0.5, 0.6) is 0 Å². The van der Waals surface area contributed by atoms with Crippen molar-refractivity contribution in [1.82, 2.24) is 0 Å². The zero-order valence-electron chi connectivity index (χ0n) is 12.3. The SMILES string of the molecule is Cc1cc(C)cc(CSCc2cc(C)cc(C)c2)c1. The van der Waals surface area contributed by atoms with Crippen LogP contribution in [0.3, 0.4) is 0 Å². The van der Waals surface area contributed by atoms with Crippen LogP contribution in [0.25, 0.3) is 0 Å². The second kappa shape index (κ2) is 6.29. The minimum absolute atomic E-state index is 1.09. The molecule has 0 nitrogen and oxygen atoms in total. The number of aryl methyl sites for hydroxylation is 4. The van der Waals surface area contributed by atoms with E-state index in [9.17, 15) is 0 Å². The van der Waals surface area contributed by atoms with E-state index in [1.54, 1.807) is 0 Å². The third kappa shape index (κ3) is 4.43. The lowest BCUT2D eigenvalue weighted by molar-refractivity contribution is 1.28. The fourth-order valence-corrected chi connectivity index (χ4v) is 3.50. The van der Waals surface area contributed by atoms with Crippen LogP contribution in [-0.2, 0) is 11.5 Å². The second-order valence-electron chi connectivity index (χ2n) is 5.48. The molecular formula is C18H22S. The molecule has 0 N–H and O–H groups in total. The molecule has 0 aliphatic heterocycles. The van der Waals surface area contributed by atoms with Gasteiger partial charge in [-0.1, -0.05) is 58.7 Å². The van der Waals surface area contributed by atoms with Crippen molar-refractivity contribution in [3.63, 3.8) is 0 Å². The average Bonchev–Trinajstić information content (AvgIpc) is 2.26. The van der Waals surface area contributed by atoms with Gasteiger partial charge in [-0.25, -0.2) is 0 Å². The van der Waals surface area contributed by atoms with Crippen LogP contribution < -0.4 is 0 Å². The van der Waals surface area contributed by atoms with Gasteiger partial charge in [0.2, 0.25) is 0 Å². The van der Waals surface area contributed by atoms with Gasteiger partial charge >= 0.3 is 0 Å². The highest BCUT2D eigenvalue weighted by Gasteiger charge is 1.99. The summed E-state index contributed by atoms with van der Waals surface area (Å²) in [5.74, 6) is 2.19. The van der Waals surface area contributed by atoms with E-state index in [-0.39, 0.29) is 0 Å². The maximum atomic E-state index is 2.29. The summed E-state index contributed by atoms with van der Waals surface area (Å²) in [6.07, 6.45) is 0. The molecule has 2 aromatic carbocycles. The highest BCUT2D eigenvalue weighted by molar-refractivity contribution is 7.97. The number of rotatable bonds is 4. The Kier molecular flexibility index (Phi) is 4.71. The summed E-state index contributed by atoms with van der Waals surface area (Å²) >= 11 is 1.99. The van der Waals surface area contributed by atoms with Crippen LogP contribution >= 0.6 is 11.8 Å². The van der Waals surface area contributed by atoms with Crippen molar-refractivity contribution in [2.75, 3.05) is 0 Å². The molecule has 0 aliphatic rings. The third-order valence-electron chi connectivity index (χ3n) is 3.10. The predicted octanol–water partition coefficient (Wildman–Crippen LogP) is 5.35. The molecule has 0 heterocycles. The van der Waals surface area contributed by atoms with E-state index in [0.717, 1.165) is 11.5 Å². The van der Waals surface area contributed by atoms with Gasteiger partial charge in [-0.15, -0.1) is 0 Å². The Morgan fingerprint density at radius 2 is 0.895 bits per heavy atom. The highest BCUT2D eigenvalue weighted by atomic mass is 32.2. The fraction of sp³-hybridized carbons (Fsp3) is 0.333. The lowest BCUT2D eigenvalue weighted by Crippen LogP contribution is -1.88. The van der Waals surface area contributed by atoms with Gasteiger partial charge in [0.05, 0.1) is 0 Å². The molecule has 0 saturated carbocycles. The minimum atomic E-state index is 1.09. The molecule has 0 spiro atoms. The van der Waals surface area contributed by atoms with Gasteiger partial charge < -0.3 is 0 Å². The summed E-state index contributed by atoms with van der Waals surface area (Å²) in [6.45, 7) is 8.69. The summed E-state index contributed by atoms with van der Waals surface area (Å²) in [6, 6.07) is 13.6. The van der Waals surface area contributed by atoms with Gasteiger partial charge in [0, 0.05) is 11.5 Å². The van der Waals surface area contributed by atoms with Gasteiger partial charge in [-0.05, 0) is 38.8 Å². The summed E-state index contributed by atoms with van der Waals surface area (Å²) in [5, 5.41) is 0. The van der Waals surface area contributed by atoms with E-state index in [4.69, 9.17) is 0 Å². The van der Waals surface area contributed by atoms with Gasteiger partial charge in [0.25, 0.3) is 0 Å². The Bertz CT molecular complexity index is 478. The van der Waals surface area contributed by atoms with Gasteiger partial charge in [0.15, 0.2) is 0 Å². The molecule has 0 bridgehead atoms. The van der Waals surface area contributed by atoms with E-state index in [0.29, 0.717) is 0 Å². The minimum Gasteiger partial charge on any atom is -0.152 e. The first-order chi connectivity index (χ1) is 9.02. The number of hydrogen-bond acceptors (Lipinski definition) is 1. The van der Waals surface area contributed by atoms with E-state index in [1.165, 1.54) is 33.4 Å². The first kappa shape index (κ1) is 14.2. The molecule has 0 atom stereocenters. The molecule has 0 amide bonds. The van der Waals surface area contributed by atoms with Crippen LogP contribution in [0, 0.1) is 27.7 Å². The Morgan fingerprint density at radius 3 is 1.21 bits per heavy atom. The van der Waals surface area contributed by atoms with Crippen LogP contribution in [0.1, 0.15) is 33.4 Å². The molecule has 0 aliphatic carbocycles. The van der Waals surface area contributed by atoms with E-state index in [1.807, 2.05) is 11.8 Å². The van der Waals surface area contributed by atoms with Gasteiger partial charge in [-0.2, -0.15) is 11.8 Å². The maximum Gasteiger partial charge on any atom is 0.0188 e. The fourth-order valence-electron chi connectivity index (χ4n) is 2.59. The van der Waals surface area contributed by atoms with Crippen LogP contribution in [0.15, 0.2) is 36.4 Å². The molecule has 0 aromatic heterocycles. The Hall–Kier alpha value is -1.21. The molecule has 0 unspecified atom stereocenters. The number of thioether (sulfide) groups is 1. The third-order valence-corrected chi connectivity index (χ3v) is 4.18. The Labute approximate surface area is 121 Å². The summed E-state index contributed by atoms with van der Waals surface area (Å²) < 4.78 is 0. The van der Waals surface area contributed by atoms with Crippen molar-refractivity contribution in [3.05, 3.63) is 69.8 Å². The van der Waals surface area contributed by atoms with Crippen molar-refractivity contribution >= 4 is 11.8 Å². The van der Waals surface area contributed by atoms with Gasteiger partial charge in [0.1, 0.15) is 0 Å². The topological polar surface area (TPSA) is 0 Å². The number of benzene rings is 2. The Balaban J connectivity index is 1.96. The van der Waals surface area contributed by atoms with E-state index in [2.05, 4.69) is 64.1 Å². The van der Waals surface area contributed by atoms with E-state index < -0.39 is 0 Å². The first-order valence-electron chi connectivity index (χ1n) is 6.75. The zero-order chi connectivity index (χ0) is 13.8. The van der Waals surface area contributed by atoms with Crippen molar-refractivity contribution in [3.8, 4) is 0 Å². The second-order valence-corrected chi connectivity index (χ2v) is 6.47. The first-order valence-corrected chi connectivity index (χ1v) is 7.90. The lowest BCUT2D eigenvalue weighted by atomic mass is 10.1. The van der Waals surface area contributed by atoms with Crippen molar-refractivity contribution < 1.29 is 0 Å². The zero-order valence-corrected chi connectivity index (χ0v) is 13.1. The highest BCUT2D eigenvalue weighted by Crippen LogP contribution is 2.21. The smallest absolute Gasteiger partial charge is 0.0188 e. The molecule has 0 fully saturated rings. The largest absolute Gasteiger partial charge is 0.152 e. The number of hydrogen-bond donors (Lipinski definition) is 0. The molecule has 2 rings (SSSR count). The molecule has 100 valence electrons. The molecule has 2 aromatic rings. The van der Waals surface area contributed by atoms with Crippen molar-refractivity contribution in [1.29, 1.82) is 0 Å². The standard InChI is InChI=1S/C18H22S/c1-13-5-14(2)8-17(7-13)11-19-12-18-9-15(3)6-16(4)10-18/h5-10H,11-12H2,1-4H3. The van der Waals surface area contributed by atoms with Crippen LogP contribution in [0.2, 0.25) is 0 Å². The van der Waals surface area contributed by atoms with Gasteiger partial charge in [-0.3, -0.25) is 0 Å². The molecular weight excluding hydrogens is 248 g/mol. The average molecular weight is 270 g/mol. The predicted molar refractivity (Wildman–Crippen MR) is 86.8 cm³/mol. The molecule has 0 radical (unpaired) electrons. The summed E-state index contributed by atoms with van der Waals surface area (Å²) in [7, 11) is 0. The summed E-state index contributed by atoms with van der Waals surface area (Å²) in [4.78, 5) is 0. The van der Waals surface area contributed by atoms with Crippen molar-refractivity contribution in [2.24, 2.45) is 0 Å². The molecule has 0 saturated heterocycles. The quantitative estimate of drug-likeness (QED) is 0.721. The van der Waals surface area contributed by atoms with Crippen molar-refractivity contribution in [2.45, 2.75) is 39.2 Å². The summed E-state index contributed by atoms with van der Waals surface area (Å²) in [5.41, 5.74) is 8.33. The van der Waals surface area contributed by atoms with E-state index >= 15 is 0 Å². The normalized spacial score (nSPS) is 10.7. The maximum absolute atomic E-state index is 2.29. The molecule has 19 heavy (non-hydrogen) atoms. The van der Waals surface area contributed by atoms with Crippen LogP contribution in [0.4, 0.5) is 0 Å².